The SMILES string of the molecule is CC(C)CN(CC(C)C)c1ccc([C@H]2C[C@H]2C(=O)O)cc1NC(=O)Nc1cc(-c2ccccc2)no1. The molecule has 1 aromatic heterocycles. The van der Waals surface area contributed by atoms with Crippen molar-refractivity contribution in [3.63, 3.8) is 0 Å². The van der Waals surface area contributed by atoms with Crippen LogP contribution in [0.4, 0.5) is 22.1 Å². The van der Waals surface area contributed by atoms with Crippen molar-refractivity contribution in [2.75, 3.05) is 28.6 Å². The highest BCUT2D eigenvalue weighted by molar-refractivity contribution is 6.01. The number of nitrogens with one attached hydrogen (secondary N) is 2. The summed E-state index contributed by atoms with van der Waals surface area (Å²) in [6.45, 7) is 10.3. The Morgan fingerprint density at radius 3 is 2.33 bits per heavy atom. The average molecular weight is 491 g/mol. The van der Waals surface area contributed by atoms with E-state index in [4.69, 9.17) is 4.52 Å². The van der Waals surface area contributed by atoms with E-state index in [1.807, 2.05) is 48.5 Å². The Morgan fingerprint density at radius 2 is 1.72 bits per heavy atom. The third kappa shape index (κ3) is 6.24. The fourth-order valence-electron chi connectivity index (χ4n) is 4.49. The molecule has 1 aliphatic carbocycles. The van der Waals surface area contributed by atoms with Gasteiger partial charge < -0.3 is 19.8 Å². The van der Waals surface area contributed by atoms with Crippen molar-refractivity contribution in [2.24, 2.45) is 17.8 Å². The fraction of sp³-hybridized carbons (Fsp3) is 0.393. The van der Waals surface area contributed by atoms with E-state index in [1.54, 1.807) is 6.07 Å². The molecule has 1 fully saturated rings. The van der Waals surface area contributed by atoms with Crippen LogP contribution in [-0.2, 0) is 4.79 Å². The Kier molecular flexibility index (Phi) is 7.62. The van der Waals surface area contributed by atoms with Crippen molar-refractivity contribution in [3.05, 3.63) is 60.2 Å². The highest BCUT2D eigenvalue weighted by Crippen LogP contribution is 2.49. The minimum atomic E-state index is -0.780. The molecule has 8 nitrogen and oxygen atoms in total. The van der Waals surface area contributed by atoms with Gasteiger partial charge in [0.2, 0.25) is 5.88 Å². The quantitative estimate of drug-likeness (QED) is 0.308. The summed E-state index contributed by atoms with van der Waals surface area (Å²) in [5, 5.41) is 19.1. The number of carboxylic acid groups (broad SMARTS) is 1. The lowest BCUT2D eigenvalue weighted by Crippen LogP contribution is -2.32. The lowest BCUT2D eigenvalue weighted by Gasteiger charge is -2.30. The normalized spacial score (nSPS) is 16.7. The molecule has 0 unspecified atom stereocenters. The van der Waals surface area contributed by atoms with Gasteiger partial charge in [-0.15, -0.1) is 0 Å². The summed E-state index contributed by atoms with van der Waals surface area (Å²) in [5.74, 6) is -0.0985. The number of carbonyl (C=O) groups is 2. The maximum atomic E-state index is 13.0. The maximum Gasteiger partial charge on any atom is 0.326 e. The van der Waals surface area contributed by atoms with E-state index in [2.05, 4.69) is 48.4 Å². The number of aliphatic carboxylic acids is 1. The van der Waals surface area contributed by atoms with Crippen molar-refractivity contribution in [1.82, 2.24) is 5.16 Å². The van der Waals surface area contributed by atoms with Gasteiger partial charge in [-0.05, 0) is 41.9 Å². The number of carbonyl (C=O) groups excluding carboxylic acids is 1. The molecule has 0 spiro atoms. The molecule has 3 aromatic rings. The average Bonchev–Trinajstić information content (AvgIpc) is 3.50. The summed E-state index contributed by atoms with van der Waals surface area (Å²) in [4.78, 5) is 26.7. The molecule has 2 atom stereocenters. The van der Waals surface area contributed by atoms with Gasteiger partial charge in [-0.1, -0.05) is 69.2 Å². The van der Waals surface area contributed by atoms with E-state index in [-0.39, 0.29) is 17.7 Å². The molecule has 190 valence electrons. The molecular weight excluding hydrogens is 456 g/mol. The molecule has 1 aliphatic rings. The molecule has 0 radical (unpaired) electrons. The minimum absolute atomic E-state index is 0.0356. The van der Waals surface area contributed by atoms with Gasteiger partial charge in [-0.3, -0.25) is 10.1 Å². The number of amides is 2. The van der Waals surface area contributed by atoms with Crippen LogP contribution in [0, 0.1) is 17.8 Å². The zero-order valence-electron chi connectivity index (χ0n) is 21.2. The second-order valence-corrected chi connectivity index (χ2v) is 10.3. The second kappa shape index (κ2) is 10.8. The monoisotopic (exact) mass is 490 g/mol. The smallest absolute Gasteiger partial charge is 0.326 e. The van der Waals surface area contributed by atoms with Crippen LogP contribution in [0.25, 0.3) is 11.3 Å². The minimum Gasteiger partial charge on any atom is -0.481 e. The number of benzene rings is 2. The summed E-state index contributed by atoms with van der Waals surface area (Å²) >= 11 is 0. The highest BCUT2D eigenvalue weighted by Gasteiger charge is 2.44. The van der Waals surface area contributed by atoms with Crippen molar-refractivity contribution in [1.29, 1.82) is 0 Å². The largest absolute Gasteiger partial charge is 0.481 e. The molecule has 36 heavy (non-hydrogen) atoms. The first-order valence-corrected chi connectivity index (χ1v) is 12.4. The van der Waals surface area contributed by atoms with E-state index in [0.717, 1.165) is 29.9 Å². The first-order chi connectivity index (χ1) is 17.2. The molecule has 4 rings (SSSR count). The van der Waals surface area contributed by atoms with Crippen molar-refractivity contribution >= 4 is 29.3 Å². The lowest BCUT2D eigenvalue weighted by molar-refractivity contribution is -0.138. The Hall–Kier alpha value is -3.81. The second-order valence-electron chi connectivity index (χ2n) is 10.3. The van der Waals surface area contributed by atoms with Crippen LogP contribution < -0.4 is 15.5 Å². The van der Waals surface area contributed by atoms with Gasteiger partial charge in [0.25, 0.3) is 0 Å². The van der Waals surface area contributed by atoms with Crippen molar-refractivity contribution < 1.29 is 19.2 Å². The Labute approximate surface area is 211 Å². The molecule has 0 bridgehead atoms. The predicted molar refractivity (Wildman–Crippen MR) is 141 cm³/mol. The number of anilines is 3. The number of hydrogen-bond donors (Lipinski definition) is 3. The van der Waals surface area contributed by atoms with Crippen LogP contribution in [-0.4, -0.2) is 35.4 Å². The van der Waals surface area contributed by atoms with Gasteiger partial charge in [-0.25, -0.2) is 4.79 Å². The van der Waals surface area contributed by atoms with Gasteiger partial charge in [-0.2, -0.15) is 0 Å². The van der Waals surface area contributed by atoms with Gasteiger partial charge in [0.05, 0.1) is 17.3 Å². The van der Waals surface area contributed by atoms with Crippen molar-refractivity contribution in [3.8, 4) is 11.3 Å². The van der Waals surface area contributed by atoms with E-state index < -0.39 is 12.0 Å². The number of hydrogen-bond acceptors (Lipinski definition) is 5. The topological polar surface area (TPSA) is 108 Å². The van der Waals surface area contributed by atoms with Crippen molar-refractivity contribution in [2.45, 2.75) is 40.0 Å². The summed E-state index contributed by atoms with van der Waals surface area (Å²) < 4.78 is 5.33. The molecule has 1 saturated carbocycles. The van der Waals surface area contributed by atoms with Crippen LogP contribution in [0.1, 0.15) is 45.6 Å². The zero-order valence-corrected chi connectivity index (χ0v) is 21.2. The predicted octanol–water partition coefficient (Wildman–Crippen LogP) is 6.29. The lowest BCUT2D eigenvalue weighted by atomic mass is 10.0. The van der Waals surface area contributed by atoms with E-state index in [0.29, 0.717) is 29.6 Å². The third-order valence-corrected chi connectivity index (χ3v) is 6.13. The number of carboxylic acids is 1. The Bertz CT molecular complexity index is 1200. The maximum absolute atomic E-state index is 13.0. The first-order valence-electron chi connectivity index (χ1n) is 12.4. The fourth-order valence-corrected chi connectivity index (χ4v) is 4.49. The van der Waals surface area contributed by atoms with E-state index >= 15 is 0 Å². The van der Waals surface area contributed by atoms with Crippen LogP contribution in [0.15, 0.2) is 59.1 Å². The third-order valence-electron chi connectivity index (χ3n) is 6.13. The van der Waals surface area contributed by atoms with Gasteiger partial charge >= 0.3 is 12.0 Å². The van der Waals surface area contributed by atoms with Crippen LogP contribution >= 0.6 is 0 Å². The van der Waals surface area contributed by atoms with Gasteiger partial charge in [0, 0.05) is 24.7 Å². The number of aromatic nitrogens is 1. The van der Waals surface area contributed by atoms with Crippen LogP contribution in [0.2, 0.25) is 0 Å². The molecule has 0 aliphatic heterocycles. The number of urea groups is 1. The molecular formula is C28H34N4O4. The molecule has 3 N–H and O–H groups in total. The summed E-state index contributed by atoms with van der Waals surface area (Å²) in [6, 6.07) is 16.7. The molecule has 8 heteroatoms. The Morgan fingerprint density at radius 1 is 1.03 bits per heavy atom. The zero-order chi connectivity index (χ0) is 25.8. The highest BCUT2D eigenvalue weighted by atomic mass is 16.5. The summed E-state index contributed by atoms with van der Waals surface area (Å²) in [5.41, 5.74) is 3.99. The van der Waals surface area contributed by atoms with Crippen LogP contribution in [0.5, 0.6) is 0 Å². The van der Waals surface area contributed by atoms with Gasteiger partial charge in [0.15, 0.2) is 0 Å². The summed E-state index contributed by atoms with van der Waals surface area (Å²) in [6.07, 6.45) is 0.613. The number of nitrogens with zero attached hydrogens (tertiary/aromatic N) is 2. The summed E-state index contributed by atoms with van der Waals surface area (Å²) in [7, 11) is 0. The van der Waals surface area contributed by atoms with E-state index in [1.165, 1.54) is 0 Å². The number of rotatable bonds is 10. The Balaban J connectivity index is 1.57. The molecule has 1 heterocycles. The first kappa shape index (κ1) is 25.3. The van der Waals surface area contributed by atoms with Crippen LogP contribution in [0.3, 0.4) is 0 Å². The standard InChI is InChI=1S/C28H34N4O4/c1-17(2)15-32(16-18(3)4)25-11-10-20(21-13-22(21)27(33)34)12-24(25)29-28(35)30-26-14-23(31-36-26)19-8-6-5-7-9-19/h5-12,14,17-18,21-22H,13,15-16H2,1-4H3,(H,33,34)(H2,29,30,35)/t21-,22-/m1/s1. The molecule has 0 saturated heterocycles. The molecule has 2 amide bonds. The van der Waals surface area contributed by atoms with Gasteiger partial charge in [0.1, 0.15) is 5.69 Å². The molecule has 2 aromatic carbocycles. The van der Waals surface area contributed by atoms with E-state index in [9.17, 15) is 14.7 Å².